The zero-order valence-electron chi connectivity index (χ0n) is 11.4. The Balaban J connectivity index is 2.79. The molecule has 4 nitrogen and oxygen atoms in total. The maximum atomic E-state index is 12.1. The van der Waals surface area contributed by atoms with E-state index in [0.717, 1.165) is 0 Å². The van der Waals surface area contributed by atoms with Gasteiger partial charge in [0.05, 0.1) is 11.0 Å². The van der Waals surface area contributed by atoms with Crippen LogP contribution in [0.4, 0.5) is 0 Å². The van der Waals surface area contributed by atoms with Gasteiger partial charge in [-0.2, -0.15) is 0 Å². The first-order chi connectivity index (χ1) is 8.72. The zero-order valence-corrected chi connectivity index (χ0v) is 12.9. The van der Waals surface area contributed by atoms with E-state index in [-0.39, 0.29) is 11.4 Å². The minimum atomic E-state index is -3.64. The summed E-state index contributed by atoms with van der Waals surface area (Å²) < 4.78 is 26.6. The molecule has 0 spiro atoms. The van der Waals surface area contributed by atoms with Gasteiger partial charge >= 0.3 is 0 Å². The number of aliphatic hydroxyl groups is 1. The minimum absolute atomic E-state index is 0.00642. The molecule has 0 aromatic heterocycles. The molecule has 0 fully saturated rings. The highest BCUT2D eigenvalue weighted by Gasteiger charge is 2.18. The summed E-state index contributed by atoms with van der Waals surface area (Å²) in [5, 5.41) is 10.1. The van der Waals surface area contributed by atoms with Gasteiger partial charge < -0.3 is 5.11 Å². The lowest BCUT2D eigenvalue weighted by Crippen LogP contribution is -2.33. The lowest BCUT2D eigenvalue weighted by atomic mass is 10.1. The molecule has 0 saturated heterocycles. The molecular weight excluding hydrogens is 286 g/mol. The molecule has 19 heavy (non-hydrogen) atoms. The van der Waals surface area contributed by atoms with Gasteiger partial charge in [0.1, 0.15) is 0 Å². The van der Waals surface area contributed by atoms with Crippen molar-refractivity contribution in [2.45, 2.75) is 38.2 Å². The molecule has 0 aliphatic heterocycles. The number of hydrogen-bond acceptors (Lipinski definition) is 3. The fourth-order valence-corrected chi connectivity index (χ4v) is 3.35. The SMILES string of the molecule is Cc1ccc(Cl)cc1S(=O)(=O)NCC(O)CC(C)C. The molecule has 0 bridgehead atoms. The highest BCUT2D eigenvalue weighted by molar-refractivity contribution is 7.89. The molecule has 1 rings (SSSR count). The van der Waals surface area contributed by atoms with Gasteiger partial charge in [0.25, 0.3) is 0 Å². The molecule has 0 aliphatic carbocycles. The second-order valence-electron chi connectivity index (χ2n) is 5.05. The summed E-state index contributed by atoms with van der Waals surface area (Å²) in [4.78, 5) is 0.150. The molecular formula is C13H20ClNO3S. The fraction of sp³-hybridized carbons (Fsp3) is 0.538. The summed E-state index contributed by atoms with van der Waals surface area (Å²) in [6.07, 6.45) is -0.133. The Morgan fingerprint density at radius 2 is 2.00 bits per heavy atom. The largest absolute Gasteiger partial charge is 0.392 e. The molecule has 2 N–H and O–H groups in total. The average Bonchev–Trinajstić information content (AvgIpc) is 2.29. The molecule has 6 heteroatoms. The predicted octanol–water partition coefficient (Wildman–Crippen LogP) is 2.33. The molecule has 1 aromatic rings. The van der Waals surface area contributed by atoms with Crippen molar-refractivity contribution in [2.24, 2.45) is 5.92 Å². The van der Waals surface area contributed by atoms with Crippen molar-refractivity contribution in [3.63, 3.8) is 0 Å². The molecule has 0 aliphatic rings. The van der Waals surface area contributed by atoms with E-state index in [0.29, 0.717) is 22.9 Å². The zero-order chi connectivity index (χ0) is 14.6. The first-order valence-electron chi connectivity index (χ1n) is 6.16. The molecule has 1 aromatic carbocycles. The Morgan fingerprint density at radius 1 is 1.37 bits per heavy atom. The number of benzene rings is 1. The molecule has 108 valence electrons. The summed E-state index contributed by atoms with van der Waals surface area (Å²) in [6.45, 7) is 5.65. The van der Waals surface area contributed by atoms with Crippen molar-refractivity contribution in [3.8, 4) is 0 Å². The number of sulfonamides is 1. The summed E-state index contributed by atoms with van der Waals surface area (Å²) in [7, 11) is -3.64. The van der Waals surface area contributed by atoms with Gasteiger partial charge in [-0.15, -0.1) is 0 Å². The van der Waals surface area contributed by atoms with Crippen molar-refractivity contribution < 1.29 is 13.5 Å². The van der Waals surface area contributed by atoms with Crippen LogP contribution < -0.4 is 4.72 Å². The summed E-state index contributed by atoms with van der Waals surface area (Å²) in [6, 6.07) is 4.71. The van der Waals surface area contributed by atoms with Crippen LogP contribution in [0.25, 0.3) is 0 Å². The van der Waals surface area contributed by atoms with Gasteiger partial charge in [0.2, 0.25) is 10.0 Å². The summed E-state index contributed by atoms with van der Waals surface area (Å²) >= 11 is 5.81. The topological polar surface area (TPSA) is 66.4 Å². The van der Waals surface area contributed by atoms with Crippen molar-refractivity contribution in [3.05, 3.63) is 28.8 Å². The van der Waals surface area contributed by atoms with Gasteiger partial charge in [-0.25, -0.2) is 13.1 Å². The van der Waals surface area contributed by atoms with E-state index in [9.17, 15) is 13.5 Å². The third-order valence-corrected chi connectivity index (χ3v) is 4.49. The Bertz CT molecular complexity index is 529. The van der Waals surface area contributed by atoms with Gasteiger partial charge in [-0.3, -0.25) is 0 Å². The normalized spacial score (nSPS) is 13.8. The second kappa shape index (κ2) is 6.70. The van der Waals surface area contributed by atoms with Crippen LogP contribution in [0.2, 0.25) is 5.02 Å². The van der Waals surface area contributed by atoms with E-state index in [1.807, 2.05) is 13.8 Å². The first kappa shape index (κ1) is 16.4. The van der Waals surface area contributed by atoms with E-state index in [1.54, 1.807) is 19.1 Å². The Kier molecular flexibility index (Phi) is 5.80. The van der Waals surface area contributed by atoms with Crippen LogP contribution in [0.1, 0.15) is 25.8 Å². The van der Waals surface area contributed by atoms with Gasteiger partial charge in [-0.05, 0) is 37.0 Å². The van der Waals surface area contributed by atoms with Crippen molar-refractivity contribution >= 4 is 21.6 Å². The molecule has 0 saturated carbocycles. The smallest absolute Gasteiger partial charge is 0.240 e. The second-order valence-corrected chi connectivity index (χ2v) is 7.22. The summed E-state index contributed by atoms with van der Waals surface area (Å²) in [5.74, 6) is 0.312. The van der Waals surface area contributed by atoms with Crippen LogP contribution in [-0.4, -0.2) is 26.2 Å². The van der Waals surface area contributed by atoms with E-state index in [1.165, 1.54) is 6.07 Å². The van der Waals surface area contributed by atoms with Gasteiger partial charge in [0.15, 0.2) is 0 Å². The maximum Gasteiger partial charge on any atom is 0.240 e. The highest BCUT2D eigenvalue weighted by Crippen LogP contribution is 2.20. The molecule has 0 heterocycles. The lowest BCUT2D eigenvalue weighted by molar-refractivity contribution is 0.152. The first-order valence-corrected chi connectivity index (χ1v) is 8.02. The van der Waals surface area contributed by atoms with Crippen LogP contribution >= 0.6 is 11.6 Å². The molecule has 0 amide bonds. The van der Waals surface area contributed by atoms with Crippen LogP contribution in [0.15, 0.2) is 23.1 Å². The fourth-order valence-electron chi connectivity index (χ4n) is 1.77. The monoisotopic (exact) mass is 305 g/mol. The van der Waals surface area contributed by atoms with Crippen LogP contribution in [0.3, 0.4) is 0 Å². The highest BCUT2D eigenvalue weighted by atomic mass is 35.5. The number of hydrogen-bond donors (Lipinski definition) is 2. The Labute approximate surface area is 119 Å². The number of halogens is 1. The van der Waals surface area contributed by atoms with Crippen molar-refractivity contribution in [2.75, 3.05) is 6.54 Å². The number of nitrogens with one attached hydrogen (secondary N) is 1. The van der Waals surface area contributed by atoms with Gasteiger partial charge in [-0.1, -0.05) is 31.5 Å². The Morgan fingerprint density at radius 3 is 2.58 bits per heavy atom. The van der Waals surface area contributed by atoms with Crippen molar-refractivity contribution in [1.29, 1.82) is 0 Å². The van der Waals surface area contributed by atoms with E-state index >= 15 is 0 Å². The van der Waals surface area contributed by atoms with Crippen molar-refractivity contribution in [1.82, 2.24) is 4.72 Å². The third-order valence-electron chi connectivity index (χ3n) is 2.69. The number of aryl methyl sites for hydroxylation is 1. The number of aliphatic hydroxyl groups excluding tert-OH is 1. The predicted molar refractivity (Wildman–Crippen MR) is 76.8 cm³/mol. The van der Waals surface area contributed by atoms with Crippen LogP contribution in [-0.2, 0) is 10.0 Å². The quantitative estimate of drug-likeness (QED) is 0.847. The Hall–Kier alpha value is -0.620. The molecule has 0 radical (unpaired) electrons. The number of rotatable bonds is 6. The maximum absolute atomic E-state index is 12.1. The van der Waals surface area contributed by atoms with Gasteiger partial charge in [0, 0.05) is 11.6 Å². The third kappa shape index (κ3) is 5.10. The standard InChI is InChI=1S/C13H20ClNO3S/c1-9(2)6-12(16)8-15-19(17,18)13-7-11(14)5-4-10(13)3/h4-5,7,9,12,15-16H,6,8H2,1-3H3. The summed E-state index contributed by atoms with van der Waals surface area (Å²) in [5.41, 5.74) is 0.621. The lowest BCUT2D eigenvalue weighted by Gasteiger charge is -2.15. The molecule has 1 atom stereocenters. The minimum Gasteiger partial charge on any atom is -0.392 e. The van der Waals surface area contributed by atoms with E-state index in [4.69, 9.17) is 11.6 Å². The van der Waals surface area contributed by atoms with Crippen LogP contribution in [0, 0.1) is 12.8 Å². The van der Waals surface area contributed by atoms with E-state index < -0.39 is 16.1 Å². The molecule has 1 unspecified atom stereocenters. The average molecular weight is 306 g/mol. The van der Waals surface area contributed by atoms with E-state index in [2.05, 4.69) is 4.72 Å². The van der Waals surface area contributed by atoms with Crippen LogP contribution in [0.5, 0.6) is 0 Å².